The number of aromatic hydroxyl groups is 2. The first-order chi connectivity index (χ1) is 15.6. The Morgan fingerprint density at radius 1 is 0.625 bits per heavy atom. The van der Waals surface area contributed by atoms with Crippen LogP contribution in [0.4, 0.5) is 17.1 Å². The number of nitrogens with zero attached hydrogens (tertiary/aromatic N) is 2. The molecule has 0 amide bonds. The fourth-order valence-corrected chi connectivity index (χ4v) is 4.04. The number of nitrogens with two attached hydrogens (primary N) is 1. The first-order valence-corrected chi connectivity index (χ1v) is 10.3. The zero-order valence-electron chi connectivity index (χ0n) is 17.2. The molecule has 32 heavy (non-hydrogen) atoms. The summed E-state index contributed by atoms with van der Waals surface area (Å²) in [7, 11) is 0. The largest absolute Gasteiger partial charge is 0.506 e. The quantitative estimate of drug-likeness (QED) is 0.166. The second-order valence-corrected chi connectivity index (χ2v) is 7.65. The highest BCUT2D eigenvalue weighted by Crippen LogP contribution is 2.45. The van der Waals surface area contributed by atoms with Crippen LogP contribution in [0.1, 0.15) is 11.1 Å². The summed E-state index contributed by atoms with van der Waals surface area (Å²) in [5, 5.41) is 33.4. The van der Waals surface area contributed by atoms with Gasteiger partial charge in [0.1, 0.15) is 17.1 Å². The van der Waals surface area contributed by atoms with Gasteiger partial charge in [-0.25, -0.2) is 0 Å². The minimum absolute atomic E-state index is 0.0184. The maximum atomic E-state index is 11.0. The van der Waals surface area contributed by atoms with Gasteiger partial charge in [-0.1, -0.05) is 84.9 Å². The first-order valence-electron chi connectivity index (χ1n) is 10.3. The highest BCUT2D eigenvalue weighted by molar-refractivity contribution is 6.02. The smallest absolute Gasteiger partial charge is 0.167 e. The molecule has 0 bridgehead atoms. The maximum Gasteiger partial charge on any atom is 0.167 e. The Kier molecular flexibility index (Phi) is 4.92. The Labute approximate surface area is 185 Å². The third kappa shape index (κ3) is 3.40. The van der Waals surface area contributed by atoms with E-state index in [-0.39, 0.29) is 22.9 Å². The number of azo groups is 1. The molecule has 5 rings (SSSR count). The molecule has 0 saturated heterocycles. The van der Waals surface area contributed by atoms with Crippen LogP contribution in [-0.4, -0.2) is 10.2 Å². The SMILES string of the molecule is Nc1c(O)c(N=Nc2c(O)ccc3ccccc23)c2ccccc2c1Cc1ccccc1. The predicted octanol–water partition coefficient (Wildman–Crippen LogP) is 6.99. The maximum absolute atomic E-state index is 11.0. The van der Waals surface area contributed by atoms with E-state index in [2.05, 4.69) is 10.2 Å². The van der Waals surface area contributed by atoms with E-state index in [1.807, 2.05) is 84.9 Å². The molecule has 0 saturated carbocycles. The number of rotatable bonds is 4. The van der Waals surface area contributed by atoms with Gasteiger partial charge in [0.15, 0.2) is 5.75 Å². The minimum atomic E-state index is -0.113. The van der Waals surface area contributed by atoms with Crippen molar-refractivity contribution >= 4 is 38.6 Å². The summed E-state index contributed by atoms with van der Waals surface area (Å²) in [6.45, 7) is 0. The number of fused-ring (bicyclic) bond motifs is 2. The van der Waals surface area contributed by atoms with Crippen LogP contribution in [0, 0.1) is 0 Å². The van der Waals surface area contributed by atoms with Crippen LogP contribution < -0.4 is 5.73 Å². The molecule has 4 N–H and O–H groups in total. The molecule has 5 aromatic carbocycles. The van der Waals surface area contributed by atoms with Crippen LogP contribution >= 0.6 is 0 Å². The van der Waals surface area contributed by atoms with Gasteiger partial charge >= 0.3 is 0 Å². The molecule has 5 heteroatoms. The lowest BCUT2D eigenvalue weighted by atomic mass is 9.95. The molecule has 0 aliphatic heterocycles. The fourth-order valence-electron chi connectivity index (χ4n) is 4.04. The minimum Gasteiger partial charge on any atom is -0.506 e. The van der Waals surface area contributed by atoms with Crippen LogP contribution in [0.25, 0.3) is 21.5 Å². The average Bonchev–Trinajstić information content (AvgIpc) is 2.83. The monoisotopic (exact) mass is 419 g/mol. The predicted molar refractivity (Wildman–Crippen MR) is 129 cm³/mol. The third-order valence-corrected chi connectivity index (χ3v) is 5.66. The van der Waals surface area contributed by atoms with Gasteiger partial charge in [0.2, 0.25) is 0 Å². The van der Waals surface area contributed by atoms with Crippen LogP contribution in [0.3, 0.4) is 0 Å². The van der Waals surface area contributed by atoms with Gasteiger partial charge in [0.05, 0.1) is 5.69 Å². The van der Waals surface area contributed by atoms with Gasteiger partial charge in [-0.15, -0.1) is 10.2 Å². The van der Waals surface area contributed by atoms with Crippen molar-refractivity contribution in [2.45, 2.75) is 6.42 Å². The summed E-state index contributed by atoms with van der Waals surface area (Å²) in [4.78, 5) is 0. The van der Waals surface area contributed by atoms with Crippen molar-refractivity contribution < 1.29 is 10.2 Å². The fraction of sp³-hybridized carbons (Fsp3) is 0.0370. The van der Waals surface area contributed by atoms with E-state index in [0.29, 0.717) is 12.1 Å². The van der Waals surface area contributed by atoms with Crippen molar-refractivity contribution in [2.24, 2.45) is 10.2 Å². The van der Waals surface area contributed by atoms with Crippen molar-refractivity contribution in [3.8, 4) is 11.5 Å². The first kappa shape index (κ1) is 19.6. The standard InChI is InChI=1S/C27H21N3O2/c28-24-22(16-17-8-2-1-3-9-17)20-12-6-7-13-21(20)26(27(24)32)30-29-25-19-11-5-4-10-18(19)14-15-23(25)31/h1-15,31-32H,16,28H2. The Morgan fingerprint density at radius 2 is 1.25 bits per heavy atom. The van der Waals surface area contributed by atoms with Crippen molar-refractivity contribution in [3.05, 3.63) is 102 Å². The van der Waals surface area contributed by atoms with Crippen molar-refractivity contribution in [2.75, 3.05) is 5.73 Å². The summed E-state index contributed by atoms with van der Waals surface area (Å²) < 4.78 is 0. The Hall–Kier alpha value is -4.38. The lowest BCUT2D eigenvalue weighted by molar-refractivity contribution is 0.475. The van der Waals surface area contributed by atoms with Crippen molar-refractivity contribution in [1.82, 2.24) is 0 Å². The van der Waals surface area contributed by atoms with Gasteiger partial charge in [0.25, 0.3) is 0 Å². The number of benzene rings is 5. The molecule has 0 aliphatic carbocycles. The molecule has 0 aromatic heterocycles. The van der Waals surface area contributed by atoms with Crippen LogP contribution in [0.15, 0.2) is 101 Å². The van der Waals surface area contributed by atoms with Crippen molar-refractivity contribution in [3.63, 3.8) is 0 Å². The summed E-state index contributed by atoms with van der Waals surface area (Å²) in [6.07, 6.45) is 0.586. The average molecular weight is 419 g/mol. The van der Waals surface area contributed by atoms with Gasteiger partial charge in [0, 0.05) is 17.2 Å². The van der Waals surface area contributed by atoms with E-state index in [9.17, 15) is 10.2 Å². The van der Waals surface area contributed by atoms with Gasteiger partial charge in [-0.3, -0.25) is 0 Å². The molecule has 156 valence electrons. The third-order valence-electron chi connectivity index (χ3n) is 5.66. The number of phenols is 2. The Balaban J connectivity index is 1.67. The van der Waals surface area contributed by atoms with E-state index in [1.165, 1.54) is 0 Å². The molecule has 0 heterocycles. The number of hydrogen-bond donors (Lipinski definition) is 3. The zero-order chi connectivity index (χ0) is 22.1. The highest BCUT2D eigenvalue weighted by Gasteiger charge is 2.18. The summed E-state index contributed by atoms with van der Waals surface area (Å²) in [5.74, 6) is -0.0944. The van der Waals surface area contributed by atoms with E-state index >= 15 is 0 Å². The zero-order valence-corrected chi connectivity index (χ0v) is 17.2. The van der Waals surface area contributed by atoms with Crippen LogP contribution in [-0.2, 0) is 6.42 Å². The molecule has 0 fully saturated rings. The summed E-state index contributed by atoms with van der Waals surface area (Å²) in [5.41, 5.74) is 9.23. The molecule has 0 unspecified atom stereocenters. The lowest BCUT2D eigenvalue weighted by Gasteiger charge is -2.15. The molecule has 0 aliphatic rings. The molecule has 5 nitrogen and oxygen atoms in total. The number of nitrogen functional groups attached to an aromatic ring is 1. The second-order valence-electron chi connectivity index (χ2n) is 7.65. The van der Waals surface area contributed by atoms with Gasteiger partial charge < -0.3 is 15.9 Å². The van der Waals surface area contributed by atoms with Crippen LogP contribution in [0.5, 0.6) is 11.5 Å². The normalized spacial score (nSPS) is 11.5. The highest BCUT2D eigenvalue weighted by atomic mass is 16.3. The van der Waals surface area contributed by atoms with E-state index in [0.717, 1.165) is 32.7 Å². The molecule has 0 spiro atoms. The van der Waals surface area contributed by atoms with Gasteiger partial charge in [-0.2, -0.15) is 0 Å². The summed E-state index contributed by atoms with van der Waals surface area (Å²) in [6, 6.07) is 28.7. The van der Waals surface area contributed by atoms with Crippen molar-refractivity contribution in [1.29, 1.82) is 0 Å². The molecular weight excluding hydrogens is 398 g/mol. The van der Waals surface area contributed by atoms with E-state index < -0.39 is 0 Å². The molecule has 0 atom stereocenters. The van der Waals surface area contributed by atoms with E-state index in [4.69, 9.17) is 5.73 Å². The van der Waals surface area contributed by atoms with Crippen LogP contribution in [0.2, 0.25) is 0 Å². The van der Waals surface area contributed by atoms with E-state index in [1.54, 1.807) is 6.07 Å². The second kappa shape index (κ2) is 8.04. The Morgan fingerprint density at radius 3 is 2.03 bits per heavy atom. The summed E-state index contributed by atoms with van der Waals surface area (Å²) >= 11 is 0. The number of anilines is 1. The van der Waals surface area contributed by atoms with Gasteiger partial charge in [-0.05, 0) is 28.0 Å². The number of hydrogen-bond acceptors (Lipinski definition) is 5. The molecular formula is C27H21N3O2. The molecule has 0 radical (unpaired) electrons. The topological polar surface area (TPSA) is 91.2 Å². The number of phenolic OH excluding ortho intramolecular Hbond substituents is 2. The lowest BCUT2D eigenvalue weighted by Crippen LogP contribution is -1.98. The molecule has 5 aromatic rings. The Bertz CT molecular complexity index is 1480.